The summed E-state index contributed by atoms with van der Waals surface area (Å²) in [4.78, 5) is 3.37. The molecule has 0 saturated carbocycles. The van der Waals surface area contributed by atoms with Gasteiger partial charge in [0, 0.05) is 17.1 Å². The van der Waals surface area contributed by atoms with Crippen molar-refractivity contribution in [2.75, 3.05) is 13.1 Å². The summed E-state index contributed by atoms with van der Waals surface area (Å²) in [5, 5.41) is 3.86. The summed E-state index contributed by atoms with van der Waals surface area (Å²) in [6.45, 7) is 2.66. The van der Waals surface area contributed by atoms with E-state index in [4.69, 9.17) is 0 Å². The minimum absolute atomic E-state index is 0.952. The number of rotatable bonds is 3. The average Bonchev–Trinajstić information content (AvgIpc) is 2.81. The van der Waals surface area contributed by atoms with Crippen molar-refractivity contribution < 1.29 is 5.32 Å². The van der Waals surface area contributed by atoms with Crippen molar-refractivity contribution in [3.05, 3.63) is 36.0 Å². The molecular formula is C15H21N2+. The van der Waals surface area contributed by atoms with Crippen LogP contribution >= 0.6 is 0 Å². The maximum atomic E-state index is 3.37. The average molecular weight is 229 g/mol. The van der Waals surface area contributed by atoms with Gasteiger partial charge in [0.05, 0.1) is 13.1 Å². The number of hydrogen-bond acceptors (Lipinski definition) is 0. The Morgan fingerprint density at radius 1 is 1.18 bits per heavy atom. The molecule has 0 radical (unpaired) electrons. The Bertz CT molecular complexity index is 480. The molecule has 90 valence electrons. The lowest BCUT2D eigenvalue weighted by molar-refractivity contribution is -0.664. The van der Waals surface area contributed by atoms with E-state index >= 15 is 0 Å². The summed E-state index contributed by atoms with van der Waals surface area (Å²) in [7, 11) is 0. The third-order valence-electron chi connectivity index (χ3n) is 4.05. The van der Waals surface area contributed by atoms with E-state index in [2.05, 4.69) is 40.8 Å². The van der Waals surface area contributed by atoms with Gasteiger partial charge in [0.15, 0.2) is 0 Å². The summed E-state index contributed by atoms with van der Waals surface area (Å²) in [5.74, 6) is 0.952. The number of aryl methyl sites for hydroxylation is 1. The van der Waals surface area contributed by atoms with Crippen molar-refractivity contribution >= 4 is 10.9 Å². The molecule has 0 spiro atoms. The Morgan fingerprint density at radius 2 is 2.00 bits per heavy atom. The van der Waals surface area contributed by atoms with Gasteiger partial charge in [-0.1, -0.05) is 18.2 Å². The highest BCUT2D eigenvalue weighted by molar-refractivity contribution is 5.82. The zero-order chi connectivity index (χ0) is 11.5. The van der Waals surface area contributed by atoms with Crippen LogP contribution in [0.4, 0.5) is 0 Å². The number of piperidine rings is 1. The number of benzene rings is 1. The second kappa shape index (κ2) is 4.92. The van der Waals surface area contributed by atoms with Crippen molar-refractivity contribution in [2.24, 2.45) is 5.92 Å². The lowest BCUT2D eigenvalue weighted by atomic mass is 9.91. The molecule has 2 nitrogen and oxygen atoms in total. The van der Waals surface area contributed by atoms with Crippen molar-refractivity contribution in [2.45, 2.75) is 25.7 Å². The van der Waals surface area contributed by atoms with E-state index in [-0.39, 0.29) is 0 Å². The number of fused-ring (bicyclic) bond motifs is 1. The van der Waals surface area contributed by atoms with Crippen LogP contribution in [-0.4, -0.2) is 18.1 Å². The molecule has 3 N–H and O–H groups in total. The lowest BCUT2D eigenvalue weighted by Crippen LogP contribution is -2.86. The van der Waals surface area contributed by atoms with Crippen molar-refractivity contribution in [3.63, 3.8) is 0 Å². The standard InChI is InChI=1S/C15H20N2/c1-2-4-15-14(3-1)13(11-17-15)6-5-12-7-9-16-10-8-12/h1-4,11-12,16-17H,5-10H2/p+1. The quantitative estimate of drug-likeness (QED) is 0.808. The SMILES string of the molecule is c1ccc2c(CCC3CC[NH2+]CC3)c[nH]c2c1. The molecule has 0 amide bonds. The van der Waals surface area contributed by atoms with Gasteiger partial charge in [-0.05, 0) is 43.2 Å². The van der Waals surface area contributed by atoms with Crippen LogP contribution in [0.5, 0.6) is 0 Å². The zero-order valence-electron chi connectivity index (χ0n) is 10.3. The van der Waals surface area contributed by atoms with Gasteiger partial charge >= 0.3 is 0 Å². The van der Waals surface area contributed by atoms with Gasteiger partial charge in [-0.15, -0.1) is 0 Å². The van der Waals surface area contributed by atoms with Crippen molar-refractivity contribution in [3.8, 4) is 0 Å². The molecule has 1 aromatic heterocycles. The first kappa shape index (κ1) is 10.8. The van der Waals surface area contributed by atoms with Gasteiger partial charge in [-0.3, -0.25) is 0 Å². The first-order valence-corrected chi connectivity index (χ1v) is 6.80. The fourth-order valence-electron chi connectivity index (χ4n) is 2.98. The maximum Gasteiger partial charge on any atom is 0.0758 e. The van der Waals surface area contributed by atoms with Crippen LogP contribution < -0.4 is 5.32 Å². The summed E-state index contributed by atoms with van der Waals surface area (Å²) >= 11 is 0. The predicted molar refractivity (Wildman–Crippen MR) is 71.0 cm³/mol. The van der Waals surface area contributed by atoms with Gasteiger partial charge in [0.25, 0.3) is 0 Å². The number of para-hydroxylation sites is 1. The Balaban J connectivity index is 1.68. The van der Waals surface area contributed by atoms with E-state index in [9.17, 15) is 0 Å². The molecule has 3 rings (SSSR count). The topological polar surface area (TPSA) is 32.4 Å². The molecule has 1 aliphatic rings. The van der Waals surface area contributed by atoms with Gasteiger partial charge in [0.1, 0.15) is 0 Å². The number of quaternary nitrogens is 1. The molecule has 1 saturated heterocycles. The van der Waals surface area contributed by atoms with E-state index in [1.54, 1.807) is 0 Å². The van der Waals surface area contributed by atoms with Crippen LogP contribution in [0, 0.1) is 5.92 Å². The minimum atomic E-state index is 0.952. The number of aromatic nitrogens is 1. The normalized spacial score (nSPS) is 17.6. The summed E-state index contributed by atoms with van der Waals surface area (Å²) in [6.07, 6.45) is 7.59. The Hall–Kier alpha value is -1.28. The first-order chi connectivity index (χ1) is 8.43. The Morgan fingerprint density at radius 3 is 2.88 bits per heavy atom. The van der Waals surface area contributed by atoms with E-state index in [1.807, 2.05) is 0 Å². The number of aromatic amines is 1. The van der Waals surface area contributed by atoms with E-state index in [1.165, 1.54) is 55.2 Å². The van der Waals surface area contributed by atoms with E-state index < -0.39 is 0 Å². The third kappa shape index (κ3) is 2.37. The summed E-state index contributed by atoms with van der Waals surface area (Å²) in [6, 6.07) is 8.62. The van der Waals surface area contributed by atoms with Crippen LogP contribution in [-0.2, 0) is 6.42 Å². The molecule has 0 bridgehead atoms. The minimum Gasteiger partial charge on any atom is -0.361 e. The number of hydrogen-bond donors (Lipinski definition) is 2. The molecule has 1 aromatic carbocycles. The van der Waals surface area contributed by atoms with Crippen LogP contribution in [0.15, 0.2) is 30.5 Å². The van der Waals surface area contributed by atoms with Crippen LogP contribution in [0.1, 0.15) is 24.8 Å². The Labute approximate surface area is 102 Å². The van der Waals surface area contributed by atoms with Gasteiger partial charge in [-0.25, -0.2) is 0 Å². The molecule has 2 heterocycles. The second-order valence-electron chi connectivity index (χ2n) is 5.21. The van der Waals surface area contributed by atoms with Crippen molar-refractivity contribution in [1.82, 2.24) is 4.98 Å². The van der Waals surface area contributed by atoms with Gasteiger partial charge in [-0.2, -0.15) is 0 Å². The maximum absolute atomic E-state index is 3.37. The zero-order valence-corrected chi connectivity index (χ0v) is 10.3. The highest BCUT2D eigenvalue weighted by Gasteiger charge is 2.15. The molecule has 1 aliphatic heterocycles. The van der Waals surface area contributed by atoms with Gasteiger partial charge in [0.2, 0.25) is 0 Å². The molecule has 2 heteroatoms. The number of nitrogens with one attached hydrogen (secondary N) is 1. The second-order valence-corrected chi connectivity index (χ2v) is 5.21. The summed E-state index contributed by atoms with van der Waals surface area (Å²) < 4.78 is 0. The monoisotopic (exact) mass is 229 g/mol. The third-order valence-corrected chi connectivity index (χ3v) is 4.05. The number of H-pyrrole nitrogens is 1. The molecule has 0 atom stereocenters. The van der Waals surface area contributed by atoms with Crippen molar-refractivity contribution in [1.29, 1.82) is 0 Å². The van der Waals surface area contributed by atoms with E-state index in [0.717, 1.165) is 5.92 Å². The first-order valence-electron chi connectivity index (χ1n) is 6.80. The van der Waals surface area contributed by atoms with Crippen LogP contribution in [0.3, 0.4) is 0 Å². The molecule has 17 heavy (non-hydrogen) atoms. The highest BCUT2D eigenvalue weighted by atomic mass is 14.9. The molecular weight excluding hydrogens is 208 g/mol. The highest BCUT2D eigenvalue weighted by Crippen LogP contribution is 2.22. The van der Waals surface area contributed by atoms with Crippen LogP contribution in [0.25, 0.3) is 10.9 Å². The summed E-state index contributed by atoms with van der Waals surface area (Å²) in [5.41, 5.74) is 2.77. The molecule has 1 fully saturated rings. The smallest absolute Gasteiger partial charge is 0.0758 e. The molecule has 0 aliphatic carbocycles. The fraction of sp³-hybridized carbons (Fsp3) is 0.467. The number of nitrogens with two attached hydrogens (primary N) is 1. The fourth-order valence-corrected chi connectivity index (χ4v) is 2.98. The van der Waals surface area contributed by atoms with Crippen LogP contribution in [0.2, 0.25) is 0 Å². The largest absolute Gasteiger partial charge is 0.361 e. The molecule has 2 aromatic rings. The molecule has 0 unspecified atom stereocenters. The van der Waals surface area contributed by atoms with E-state index in [0.29, 0.717) is 0 Å². The lowest BCUT2D eigenvalue weighted by Gasteiger charge is -2.19. The predicted octanol–water partition coefficient (Wildman–Crippen LogP) is 2.07. The van der Waals surface area contributed by atoms with Gasteiger partial charge < -0.3 is 10.3 Å². The Kier molecular flexibility index (Phi) is 3.14.